The van der Waals surface area contributed by atoms with E-state index in [4.69, 9.17) is 11.5 Å². The van der Waals surface area contributed by atoms with Gasteiger partial charge in [0.15, 0.2) is 5.96 Å². The van der Waals surface area contributed by atoms with Crippen molar-refractivity contribution in [2.24, 2.45) is 16.5 Å². The first-order valence-electron chi connectivity index (χ1n) is 11.4. The number of rotatable bonds is 8. The van der Waals surface area contributed by atoms with Crippen LogP contribution in [0.3, 0.4) is 0 Å². The van der Waals surface area contributed by atoms with Crippen molar-refractivity contribution in [2.45, 2.75) is 53.5 Å². The minimum Gasteiger partial charge on any atom is -0.370 e. The van der Waals surface area contributed by atoms with Gasteiger partial charge in [-0.1, -0.05) is 38.8 Å². The Balaban J connectivity index is 0.000000688. The summed E-state index contributed by atoms with van der Waals surface area (Å²) in [6, 6.07) is 9.81. The summed E-state index contributed by atoms with van der Waals surface area (Å²) in [5.74, 6) is 0.123. The summed E-state index contributed by atoms with van der Waals surface area (Å²) < 4.78 is 11.8. The van der Waals surface area contributed by atoms with Crippen LogP contribution in [0.5, 0.6) is 0 Å². The molecule has 0 bridgehead atoms. The van der Waals surface area contributed by atoms with E-state index < -0.39 is 0 Å². The number of aliphatic imine (C=N–C) groups is 1. The molecule has 0 aliphatic rings. The standard InChI is InChI=1S/C18H23N7O.C4H10.C2H5F/c1-12-9-14-11-25(18(26)24-16(14)23-12)15-5-3-13(4-6-15)10-21-7-2-8-22-17(19)20;1-3-4-2;1-2-3/h3-6,9,11,21H,2,7-8,10H2,1H3,(H4,19,20,22)(H,23,24,26);3-4H2,1-2H3;2H2,1H3. The van der Waals surface area contributed by atoms with Gasteiger partial charge in [-0.2, -0.15) is 4.98 Å². The molecule has 8 nitrogen and oxygen atoms in total. The number of aromatic amines is 1. The summed E-state index contributed by atoms with van der Waals surface area (Å²) in [6.07, 6.45) is 5.32. The van der Waals surface area contributed by atoms with E-state index >= 15 is 0 Å². The molecule has 0 amide bonds. The number of nitrogens with zero attached hydrogens (tertiary/aromatic N) is 3. The zero-order valence-electron chi connectivity index (χ0n) is 20.2. The number of unbranched alkanes of at least 4 members (excludes halogenated alkanes) is 1. The van der Waals surface area contributed by atoms with Gasteiger partial charge in [0.2, 0.25) is 0 Å². The van der Waals surface area contributed by atoms with Gasteiger partial charge in [-0.05, 0) is 50.6 Å². The van der Waals surface area contributed by atoms with Crippen LogP contribution in [0.15, 0.2) is 46.3 Å². The molecule has 1 aromatic carbocycles. The quantitative estimate of drug-likeness (QED) is 0.233. The largest absolute Gasteiger partial charge is 0.370 e. The van der Waals surface area contributed by atoms with Gasteiger partial charge in [0.25, 0.3) is 0 Å². The second-order valence-corrected chi connectivity index (χ2v) is 7.42. The van der Waals surface area contributed by atoms with E-state index in [1.807, 2.05) is 43.5 Å². The van der Waals surface area contributed by atoms with Crippen LogP contribution in [-0.2, 0) is 6.54 Å². The maximum absolute atomic E-state index is 12.2. The van der Waals surface area contributed by atoms with Crippen molar-refractivity contribution >= 4 is 17.0 Å². The van der Waals surface area contributed by atoms with Crippen molar-refractivity contribution < 1.29 is 4.39 Å². The van der Waals surface area contributed by atoms with Gasteiger partial charge in [0, 0.05) is 30.4 Å². The van der Waals surface area contributed by atoms with E-state index in [1.165, 1.54) is 19.8 Å². The van der Waals surface area contributed by atoms with Gasteiger partial charge < -0.3 is 21.8 Å². The fourth-order valence-electron chi connectivity index (χ4n) is 2.74. The fourth-order valence-corrected chi connectivity index (χ4v) is 2.74. The van der Waals surface area contributed by atoms with Crippen molar-refractivity contribution in [3.05, 3.63) is 58.3 Å². The normalized spacial score (nSPS) is 10.1. The number of benzene rings is 1. The van der Waals surface area contributed by atoms with Crippen molar-refractivity contribution in [1.29, 1.82) is 0 Å². The number of fused-ring (bicyclic) bond motifs is 1. The van der Waals surface area contributed by atoms with Gasteiger partial charge in [-0.25, -0.2) is 4.79 Å². The molecular formula is C24H38FN7O. The van der Waals surface area contributed by atoms with Gasteiger partial charge in [0.05, 0.1) is 12.4 Å². The van der Waals surface area contributed by atoms with E-state index in [2.05, 4.69) is 34.1 Å². The maximum Gasteiger partial charge on any atom is 0.354 e. The Morgan fingerprint density at radius 3 is 2.39 bits per heavy atom. The molecule has 9 heteroatoms. The summed E-state index contributed by atoms with van der Waals surface area (Å²) >= 11 is 0. The van der Waals surface area contributed by atoms with E-state index in [9.17, 15) is 9.18 Å². The summed E-state index contributed by atoms with van der Waals surface area (Å²) in [6.45, 7) is 9.69. The summed E-state index contributed by atoms with van der Waals surface area (Å²) in [5, 5.41) is 4.25. The molecule has 182 valence electrons. The third kappa shape index (κ3) is 10.3. The molecule has 33 heavy (non-hydrogen) atoms. The SMILES string of the molecule is CCCC.CCF.Cc1cc2cn(-c3ccc(CNCCCN=C(N)N)cc3)c(=O)nc2[nH]1. The Kier molecular flexibility index (Phi) is 13.1. The first-order chi connectivity index (χ1) is 15.9. The number of alkyl halides is 1. The minimum absolute atomic E-state index is 0.123. The zero-order chi connectivity index (χ0) is 24.6. The number of aryl methyl sites for hydroxylation is 1. The molecule has 3 aromatic rings. The molecule has 6 N–H and O–H groups in total. The van der Waals surface area contributed by atoms with Crippen LogP contribution < -0.4 is 22.5 Å². The first kappa shape index (κ1) is 27.8. The van der Waals surface area contributed by atoms with Crippen LogP contribution in [0.2, 0.25) is 0 Å². The fraction of sp³-hybridized carbons (Fsp3) is 0.458. The highest BCUT2D eigenvalue weighted by Crippen LogP contribution is 2.13. The molecule has 0 radical (unpaired) electrons. The van der Waals surface area contributed by atoms with Crippen LogP contribution in [0.1, 0.15) is 51.3 Å². The summed E-state index contributed by atoms with van der Waals surface area (Å²) in [4.78, 5) is 23.3. The lowest BCUT2D eigenvalue weighted by Crippen LogP contribution is -2.23. The number of hydrogen-bond acceptors (Lipinski definition) is 4. The number of guanidine groups is 1. The Morgan fingerprint density at radius 1 is 1.18 bits per heavy atom. The third-order valence-corrected chi connectivity index (χ3v) is 4.49. The smallest absolute Gasteiger partial charge is 0.354 e. The monoisotopic (exact) mass is 459 g/mol. The molecule has 2 heterocycles. The maximum atomic E-state index is 12.2. The number of aromatic nitrogens is 3. The van der Waals surface area contributed by atoms with Gasteiger partial charge in [-0.3, -0.25) is 13.9 Å². The molecule has 0 saturated heterocycles. The average Bonchev–Trinajstić information content (AvgIpc) is 3.15. The Labute approximate surface area is 195 Å². The molecule has 0 saturated carbocycles. The Morgan fingerprint density at radius 2 is 1.82 bits per heavy atom. The van der Waals surface area contributed by atoms with Crippen molar-refractivity contribution in [3.63, 3.8) is 0 Å². The molecule has 0 aliphatic heterocycles. The zero-order valence-corrected chi connectivity index (χ0v) is 20.2. The van der Waals surface area contributed by atoms with Gasteiger partial charge in [-0.15, -0.1) is 0 Å². The predicted octanol–water partition coefficient (Wildman–Crippen LogP) is 3.56. The van der Waals surface area contributed by atoms with Crippen LogP contribution >= 0.6 is 0 Å². The van der Waals surface area contributed by atoms with Crippen molar-refractivity contribution in [1.82, 2.24) is 19.9 Å². The predicted molar refractivity (Wildman–Crippen MR) is 136 cm³/mol. The lowest BCUT2D eigenvalue weighted by Gasteiger charge is -2.08. The number of halogens is 1. The number of hydrogen-bond donors (Lipinski definition) is 4. The van der Waals surface area contributed by atoms with E-state index in [0.29, 0.717) is 12.2 Å². The third-order valence-electron chi connectivity index (χ3n) is 4.49. The Hall–Kier alpha value is -3.20. The molecular weight excluding hydrogens is 421 g/mol. The van der Waals surface area contributed by atoms with Crippen LogP contribution in [-0.4, -0.2) is 40.3 Å². The lowest BCUT2D eigenvalue weighted by atomic mass is 10.2. The molecule has 3 rings (SSSR count). The van der Waals surface area contributed by atoms with Crippen LogP contribution in [0.4, 0.5) is 4.39 Å². The highest BCUT2D eigenvalue weighted by Gasteiger charge is 2.06. The molecule has 0 unspecified atom stereocenters. The highest BCUT2D eigenvalue weighted by atomic mass is 19.1. The van der Waals surface area contributed by atoms with Gasteiger partial charge >= 0.3 is 5.69 Å². The second kappa shape index (κ2) is 15.6. The van der Waals surface area contributed by atoms with Gasteiger partial charge in [0.1, 0.15) is 5.65 Å². The number of nitrogens with two attached hydrogens (primary N) is 2. The lowest BCUT2D eigenvalue weighted by molar-refractivity contribution is 0.527. The number of H-pyrrole nitrogens is 1. The highest BCUT2D eigenvalue weighted by molar-refractivity contribution is 5.76. The Bertz CT molecular complexity index is 1020. The van der Waals surface area contributed by atoms with E-state index in [0.717, 1.165) is 41.8 Å². The molecule has 0 atom stereocenters. The second-order valence-electron chi connectivity index (χ2n) is 7.42. The van der Waals surface area contributed by atoms with E-state index in [1.54, 1.807) is 4.57 Å². The average molecular weight is 460 g/mol. The van der Waals surface area contributed by atoms with Crippen LogP contribution in [0.25, 0.3) is 16.7 Å². The molecule has 0 spiro atoms. The molecule has 2 aromatic heterocycles. The topological polar surface area (TPSA) is 127 Å². The van der Waals surface area contributed by atoms with Crippen molar-refractivity contribution in [2.75, 3.05) is 19.8 Å². The molecule has 0 fully saturated rings. The van der Waals surface area contributed by atoms with Crippen molar-refractivity contribution in [3.8, 4) is 5.69 Å². The summed E-state index contributed by atoms with van der Waals surface area (Å²) in [5.41, 5.74) is 13.8. The van der Waals surface area contributed by atoms with E-state index in [-0.39, 0.29) is 18.3 Å². The molecule has 0 aliphatic carbocycles. The summed E-state index contributed by atoms with van der Waals surface area (Å²) in [7, 11) is 0. The minimum atomic E-state index is -0.301. The first-order valence-corrected chi connectivity index (χ1v) is 11.4. The van der Waals surface area contributed by atoms with Crippen LogP contribution in [0, 0.1) is 6.92 Å². The number of nitrogens with one attached hydrogen (secondary N) is 2.